The lowest BCUT2D eigenvalue weighted by Gasteiger charge is -2.18. The van der Waals surface area contributed by atoms with Gasteiger partial charge in [0.05, 0.1) is 67.3 Å². The summed E-state index contributed by atoms with van der Waals surface area (Å²) in [7, 11) is 0. The van der Waals surface area contributed by atoms with Crippen molar-refractivity contribution in [3.05, 3.63) is 532 Å². The van der Waals surface area contributed by atoms with Crippen LogP contribution in [-0.4, -0.2) is 29.9 Å². The smallest absolute Gasteiger partial charge is 0.0978 e. The first-order chi connectivity index (χ1) is 74.1. The molecule has 6 nitrogen and oxygen atoms in total. The van der Waals surface area contributed by atoms with Crippen molar-refractivity contribution in [2.75, 3.05) is 0 Å². The van der Waals surface area contributed by atoms with Crippen molar-refractivity contribution in [2.24, 2.45) is 0 Å². The van der Waals surface area contributed by atoms with Crippen LogP contribution in [-0.2, 0) is 0 Å². The third-order valence-electron chi connectivity index (χ3n) is 30.4. The summed E-state index contributed by atoms with van der Waals surface area (Å²) in [6, 6.07) is 183. The number of nitrogens with zero attached hydrogens (tertiary/aromatic N) is 6. The van der Waals surface area contributed by atoms with Crippen LogP contribution in [0.5, 0.6) is 0 Å². The molecule has 150 heavy (non-hydrogen) atoms. The maximum Gasteiger partial charge on any atom is 0.0978 e. The zero-order valence-electron chi connectivity index (χ0n) is 83.2. The first-order valence-corrected chi connectivity index (χ1v) is 51.5. The maximum absolute atomic E-state index is 5.69. The van der Waals surface area contributed by atoms with Crippen LogP contribution in [0.4, 0.5) is 0 Å². The van der Waals surface area contributed by atoms with Gasteiger partial charge in [-0.25, -0.2) is 29.9 Å². The van der Waals surface area contributed by atoms with Gasteiger partial charge in [-0.1, -0.05) is 461 Å². The van der Waals surface area contributed by atoms with Gasteiger partial charge in [0.1, 0.15) is 0 Å². The molecule has 0 aliphatic carbocycles. The fraction of sp³-hybridized carbons (Fsp3) is 0.0278. The minimum absolute atomic E-state index is 0.893. The number of benzene rings is 23. The average molecular weight is 1910 g/mol. The zero-order chi connectivity index (χ0) is 100.0. The molecule has 6 heterocycles. The average Bonchev–Trinajstić information content (AvgIpc) is 0.709. The highest BCUT2D eigenvalue weighted by Gasteiger charge is 2.27. The van der Waals surface area contributed by atoms with Crippen LogP contribution in [0.2, 0.25) is 0 Å². The topological polar surface area (TPSA) is 77.3 Å². The van der Waals surface area contributed by atoms with E-state index in [0.29, 0.717) is 0 Å². The predicted molar refractivity (Wildman–Crippen MR) is 635 cm³/mol. The molecule has 0 spiro atoms. The van der Waals surface area contributed by atoms with Crippen LogP contribution in [0.3, 0.4) is 0 Å². The monoisotopic (exact) mass is 1910 g/mol. The van der Waals surface area contributed by atoms with Crippen LogP contribution >= 0.6 is 0 Å². The lowest BCUT2D eigenvalue weighted by molar-refractivity contribution is 1.35. The van der Waals surface area contributed by atoms with Gasteiger partial charge >= 0.3 is 0 Å². The largest absolute Gasteiger partial charge is 0.245 e. The van der Waals surface area contributed by atoms with Gasteiger partial charge in [-0.05, 0) is 251 Å². The fourth-order valence-electron chi connectivity index (χ4n) is 23.4. The Labute approximate surface area is 869 Å². The number of aryl methyl sites for hydroxylation is 4. The first kappa shape index (κ1) is 89.4. The third-order valence-corrected chi connectivity index (χ3v) is 30.4. The molecule has 0 atom stereocenters. The standard InChI is InChI=1S/C52H32N2.2C46H32N2/c1-3-15-33(16-4-1)45-31-47(49-39-23-11-7-19-35(39)29-36-20-8-12-24-40(36)49)53-51-43(45)27-28-44-46(34-17-5-2-6-18-34)32-48(54-52(44)51)50-41-25-13-9-21-37(41)30-38-22-10-14-26-42(38)50;1-29-13-9-19-33-21-11-23-37(43(29)33)41-27-39(31-15-5-3-6-16-31)35-25-26-36-40(32-17-7-4-8-18-32)28-42(48-46(36)45(35)47-41)38-24-12-22-34-20-10-14-30(2)44(34)38;1-29-21-23-33-17-9-11-19-35(33)43(29)41-27-39(31-13-5-3-6-14-31)37-25-26-38-40(32-15-7-4-8-16-32)28-42(48-46(38)45(37)47-41)44-30(2)22-24-34-18-10-12-20-36(34)44/h1-32H;2*3-28H,1-2H3. The van der Waals surface area contributed by atoms with Crippen molar-refractivity contribution in [3.8, 4) is 134 Å². The van der Waals surface area contributed by atoms with Gasteiger partial charge in [-0.2, -0.15) is 0 Å². The SMILES string of the molecule is Cc1ccc2ccccc2c1-c1cc(-c2ccccc2)c2ccc3c(-c4ccccc4)cc(-c4c(C)ccc5ccccc45)nc3c2n1.Cc1cccc2cccc(-c3cc(-c4ccccc4)c4ccc5c(-c6ccccc6)cc(-c6cccc7cccc(C)c67)nc5c4n3)c12.c1ccc(-c2cc(-c3c4ccccc4cc4ccccc34)nc3c2ccc2c(-c4ccccc4)cc(-c4c5ccccc5cc5ccccc45)nc23)cc1. The van der Waals surface area contributed by atoms with Crippen molar-refractivity contribution in [3.63, 3.8) is 0 Å². The van der Waals surface area contributed by atoms with E-state index in [1.54, 1.807) is 0 Å². The Hall–Kier alpha value is -19.4. The summed E-state index contributed by atoms with van der Waals surface area (Å²) in [6.07, 6.45) is 0. The molecule has 29 rings (SSSR count). The number of hydrogen-bond acceptors (Lipinski definition) is 6. The summed E-state index contributed by atoms with van der Waals surface area (Å²) < 4.78 is 0. The molecule has 23 aromatic carbocycles. The minimum atomic E-state index is 0.893. The Morgan fingerprint density at radius 2 is 0.320 bits per heavy atom. The molecule has 0 bridgehead atoms. The van der Waals surface area contributed by atoms with E-state index in [0.717, 1.165) is 200 Å². The molecule has 0 amide bonds. The number of rotatable bonds is 12. The molecule has 6 aromatic heterocycles. The molecule has 29 aromatic rings. The number of pyridine rings is 6. The minimum Gasteiger partial charge on any atom is -0.245 e. The summed E-state index contributed by atoms with van der Waals surface area (Å²) in [5.74, 6) is 0. The highest BCUT2D eigenvalue weighted by atomic mass is 14.8. The number of hydrogen-bond donors (Lipinski definition) is 0. The Kier molecular flexibility index (Phi) is 22.5. The van der Waals surface area contributed by atoms with Crippen LogP contribution in [0, 0.1) is 27.7 Å². The lowest BCUT2D eigenvalue weighted by Crippen LogP contribution is -1.97. The number of aromatic nitrogens is 6. The van der Waals surface area contributed by atoms with E-state index in [-0.39, 0.29) is 0 Å². The quantitative estimate of drug-likeness (QED) is 0.0896. The van der Waals surface area contributed by atoms with Crippen molar-refractivity contribution < 1.29 is 0 Å². The highest BCUT2D eigenvalue weighted by molar-refractivity contribution is 6.22. The summed E-state index contributed by atoms with van der Waals surface area (Å²) in [4.78, 5) is 33.6. The third kappa shape index (κ3) is 15.8. The first-order valence-electron chi connectivity index (χ1n) is 51.5. The molecule has 0 saturated carbocycles. The van der Waals surface area contributed by atoms with Crippen LogP contribution < -0.4 is 0 Å². The van der Waals surface area contributed by atoms with Gasteiger partial charge in [0.2, 0.25) is 0 Å². The Morgan fingerprint density at radius 1 is 0.120 bits per heavy atom. The van der Waals surface area contributed by atoms with E-state index in [2.05, 4.69) is 537 Å². The molecule has 0 radical (unpaired) electrons. The highest BCUT2D eigenvalue weighted by Crippen LogP contribution is 2.50. The van der Waals surface area contributed by atoms with Crippen LogP contribution in [0.15, 0.2) is 510 Å². The Balaban J connectivity index is 0.000000111. The summed E-state index contributed by atoms with van der Waals surface area (Å²) >= 11 is 0. The number of fused-ring (bicyclic) bond motifs is 17. The van der Waals surface area contributed by atoms with Gasteiger partial charge in [0, 0.05) is 65.7 Å². The Morgan fingerprint density at radius 3 is 0.580 bits per heavy atom. The molecule has 0 unspecified atom stereocenters. The van der Waals surface area contributed by atoms with Gasteiger partial charge < -0.3 is 0 Å². The molecule has 0 N–H and O–H groups in total. The maximum atomic E-state index is 5.69. The molecule has 0 saturated heterocycles. The van der Waals surface area contributed by atoms with Crippen LogP contribution in [0.1, 0.15) is 22.3 Å². The van der Waals surface area contributed by atoms with Crippen molar-refractivity contribution in [1.29, 1.82) is 0 Å². The van der Waals surface area contributed by atoms with Crippen LogP contribution in [0.25, 0.3) is 286 Å². The van der Waals surface area contributed by atoms with E-state index < -0.39 is 0 Å². The van der Waals surface area contributed by atoms with Crippen molar-refractivity contribution in [2.45, 2.75) is 27.7 Å². The van der Waals surface area contributed by atoms with E-state index in [1.807, 2.05) is 0 Å². The molecule has 6 heteroatoms. The summed E-state index contributed by atoms with van der Waals surface area (Å²) in [5.41, 5.74) is 36.6. The normalized spacial score (nSPS) is 11.6. The van der Waals surface area contributed by atoms with Gasteiger partial charge in [-0.15, -0.1) is 0 Å². The Bertz CT molecular complexity index is 9780. The molecular weight excluding hydrogens is 1810 g/mol. The molecule has 0 aliphatic heterocycles. The molecule has 0 aliphatic rings. The van der Waals surface area contributed by atoms with Gasteiger partial charge in [0.15, 0.2) is 0 Å². The van der Waals surface area contributed by atoms with E-state index >= 15 is 0 Å². The van der Waals surface area contributed by atoms with Crippen molar-refractivity contribution >= 4 is 152 Å². The fourth-order valence-corrected chi connectivity index (χ4v) is 23.4. The zero-order valence-corrected chi connectivity index (χ0v) is 83.2. The van der Waals surface area contributed by atoms with E-state index in [9.17, 15) is 0 Å². The summed E-state index contributed by atoms with van der Waals surface area (Å²) in [5, 5.41) is 25.7. The van der Waals surface area contributed by atoms with Crippen molar-refractivity contribution in [1.82, 2.24) is 29.9 Å². The molecule has 0 fully saturated rings. The van der Waals surface area contributed by atoms with E-state index in [4.69, 9.17) is 29.9 Å². The van der Waals surface area contributed by atoms with Gasteiger partial charge in [0.25, 0.3) is 0 Å². The second-order valence-corrected chi connectivity index (χ2v) is 39.4. The molecular formula is C144H96N6. The molecule has 702 valence electrons. The summed E-state index contributed by atoms with van der Waals surface area (Å²) in [6.45, 7) is 8.75. The lowest BCUT2D eigenvalue weighted by atomic mass is 9.90. The second kappa shape index (κ2) is 37.6. The predicted octanol–water partition coefficient (Wildman–Crippen LogP) is 38.8. The second-order valence-electron chi connectivity index (χ2n) is 39.4. The van der Waals surface area contributed by atoms with E-state index in [1.165, 1.54) is 108 Å². The van der Waals surface area contributed by atoms with Gasteiger partial charge in [-0.3, -0.25) is 0 Å².